The van der Waals surface area contributed by atoms with E-state index in [1.807, 2.05) is 0 Å². The fourth-order valence-corrected chi connectivity index (χ4v) is 5.42. The van der Waals surface area contributed by atoms with E-state index in [4.69, 9.17) is 21.1 Å². The van der Waals surface area contributed by atoms with Gasteiger partial charge in [0.05, 0.1) is 35.6 Å². The summed E-state index contributed by atoms with van der Waals surface area (Å²) < 4.78 is 58.8. The van der Waals surface area contributed by atoms with Crippen molar-refractivity contribution in [3.8, 4) is 17.1 Å². The van der Waals surface area contributed by atoms with E-state index in [1.54, 1.807) is 16.7 Å². The van der Waals surface area contributed by atoms with Crippen molar-refractivity contribution in [2.24, 2.45) is 0 Å². The molecule has 6 rings (SSSR count). The Balaban J connectivity index is 1.30. The molecule has 1 aliphatic rings. The number of hydrogen-bond donors (Lipinski definition) is 1. The third-order valence-corrected chi connectivity index (χ3v) is 7.75. The number of aromatic nitrogens is 4. The number of hydrogen-bond acceptors (Lipinski definition) is 7. The number of benzene rings is 2. The van der Waals surface area contributed by atoms with E-state index < -0.39 is 23.4 Å². The van der Waals surface area contributed by atoms with Gasteiger partial charge >= 0.3 is 5.97 Å². The Bertz CT molecular complexity index is 1790. The molecule has 0 aliphatic carbocycles. The minimum absolute atomic E-state index is 0.00995. The first-order valence-corrected chi connectivity index (χ1v) is 13.7. The summed E-state index contributed by atoms with van der Waals surface area (Å²) in [5.41, 5.74) is 0.0364. The summed E-state index contributed by atoms with van der Waals surface area (Å²) in [4.78, 5) is 24.3. The average Bonchev–Trinajstić information content (AvgIpc) is 3.50. The lowest BCUT2D eigenvalue weighted by molar-refractivity contribution is -0.0589. The van der Waals surface area contributed by atoms with Gasteiger partial charge < -0.3 is 19.1 Å². The van der Waals surface area contributed by atoms with E-state index in [-0.39, 0.29) is 70.8 Å². The van der Waals surface area contributed by atoms with Crippen molar-refractivity contribution < 1.29 is 32.5 Å². The Morgan fingerprint density at radius 1 is 1.15 bits per heavy atom. The molecule has 1 aliphatic heterocycles. The summed E-state index contributed by atoms with van der Waals surface area (Å²) in [7, 11) is 0. The maximum absolute atomic E-state index is 15.4. The number of thiazole rings is 1. The Labute approximate surface area is 240 Å². The zero-order valence-electron chi connectivity index (χ0n) is 21.1. The van der Waals surface area contributed by atoms with Crippen molar-refractivity contribution in [2.45, 2.75) is 32.1 Å². The minimum atomic E-state index is -1.29. The van der Waals surface area contributed by atoms with Gasteiger partial charge in [0.1, 0.15) is 38.9 Å². The molecule has 0 saturated carbocycles. The fourth-order valence-electron chi connectivity index (χ4n) is 4.55. The van der Waals surface area contributed by atoms with Crippen LogP contribution in [0.2, 0.25) is 4.34 Å². The molecule has 5 aromatic rings. The molecule has 3 aromatic heterocycles. The number of fused-ring (bicyclic) bond motifs is 1. The SMILES string of the molecule is O=C(O)c1cc(F)c2nc(Cc3cc(F)c(-c4cccc(OCc5ncc(Cl)s5)n4)cc3F)n(C[C@@H]3CCO3)c2c1. The molecule has 1 saturated heterocycles. The standard InChI is InChI=1S/C28H20ClF3N4O4S/c29-23-11-33-26(41-23)13-40-25-3-1-2-21(34-25)17-10-18(30)14(6-19(17)31)9-24-35-27-20(32)7-15(28(37)38)8-22(27)36(24)12-16-4-5-39-16/h1-3,6-8,10-11,16H,4-5,9,12-13H2,(H,37,38)/t16-/m0/s1. The van der Waals surface area contributed by atoms with E-state index in [0.717, 1.165) is 24.6 Å². The second kappa shape index (κ2) is 11.1. The summed E-state index contributed by atoms with van der Waals surface area (Å²) in [6, 6.07) is 9.04. The number of imidazole rings is 1. The second-order valence-corrected chi connectivity index (χ2v) is 11.1. The highest BCUT2D eigenvalue weighted by molar-refractivity contribution is 7.15. The number of halogens is 4. The number of carbonyl (C=O) groups is 1. The monoisotopic (exact) mass is 600 g/mol. The van der Waals surface area contributed by atoms with Crippen LogP contribution >= 0.6 is 22.9 Å². The van der Waals surface area contributed by atoms with Crippen LogP contribution in [0.5, 0.6) is 5.88 Å². The van der Waals surface area contributed by atoms with Crippen LogP contribution in [0, 0.1) is 17.5 Å². The van der Waals surface area contributed by atoms with Gasteiger partial charge in [0, 0.05) is 24.7 Å². The first-order chi connectivity index (χ1) is 19.7. The summed E-state index contributed by atoms with van der Waals surface area (Å²) in [6.07, 6.45) is 1.92. The zero-order chi connectivity index (χ0) is 28.7. The molecule has 2 aromatic carbocycles. The second-order valence-electron chi connectivity index (χ2n) is 9.36. The van der Waals surface area contributed by atoms with Crippen LogP contribution in [0.4, 0.5) is 13.2 Å². The first kappa shape index (κ1) is 27.2. The van der Waals surface area contributed by atoms with E-state index >= 15 is 8.78 Å². The predicted octanol–water partition coefficient (Wildman–Crippen LogP) is 6.28. The Kier molecular flexibility index (Phi) is 7.37. The largest absolute Gasteiger partial charge is 0.478 e. The lowest BCUT2D eigenvalue weighted by atomic mass is 10.0. The molecule has 0 unspecified atom stereocenters. The van der Waals surface area contributed by atoms with Gasteiger partial charge in [-0.1, -0.05) is 17.7 Å². The number of carboxylic acids is 1. The van der Waals surface area contributed by atoms with Crippen LogP contribution in [0.15, 0.2) is 48.7 Å². The van der Waals surface area contributed by atoms with E-state index in [2.05, 4.69) is 15.0 Å². The topological polar surface area (TPSA) is 99.4 Å². The Hall–Kier alpha value is -4.00. The molecule has 1 fully saturated rings. The molecule has 13 heteroatoms. The first-order valence-electron chi connectivity index (χ1n) is 12.5. The molecule has 210 valence electrons. The smallest absolute Gasteiger partial charge is 0.335 e. The normalized spacial score (nSPS) is 14.8. The van der Waals surface area contributed by atoms with Crippen molar-refractivity contribution in [3.63, 3.8) is 0 Å². The van der Waals surface area contributed by atoms with Gasteiger partial charge in [-0.05, 0) is 42.3 Å². The molecule has 41 heavy (non-hydrogen) atoms. The lowest BCUT2D eigenvalue weighted by Gasteiger charge is -2.27. The molecule has 0 radical (unpaired) electrons. The van der Waals surface area contributed by atoms with Crippen LogP contribution in [-0.4, -0.2) is 43.3 Å². The molecular formula is C28H20ClF3N4O4S. The van der Waals surface area contributed by atoms with Crippen LogP contribution in [0.1, 0.15) is 33.2 Å². The van der Waals surface area contributed by atoms with Crippen molar-refractivity contribution in [3.05, 3.63) is 92.4 Å². The molecule has 4 heterocycles. The van der Waals surface area contributed by atoms with Gasteiger partial charge in [-0.25, -0.2) is 32.9 Å². The Morgan fingerprint density at radius 2 is 1.98 bits per heavy atom. The van der Waals surface area contributed by atoms with Crippen molar-refractivity contribution in [1.29, 1.82) is 0 Å². The van der Waals surface area contributed by atoms with Crippen LogP contribution in [-0.2, 0) is 24.3 Å². The maximum Gasteiger partial charge on any atom is 0.335 e. The summed E-state index contributed by atoms with van der Waals surface area (Å²) in [5.74, 6) is -3.09. The van der Waals surface area contributed by atoms with Gasteiger partial charge in [-0.3, -0.25) is 0 Å². The fraction of sp³-hybridized carbons (Fsp3) is 0.214. The summed E-state index contributed by atoms with van der Waals surface area (Å²) in [5, 5.41) is 10.0. The molecule has 8 nitrogen and oxygen atoms in total. The predicted molar refractivity (Wildman–Crippen MR) is 145 cm³/mol. The van der Waals surface area contributed by atoms with Gasteiger partial charge in [-0.2, -0.15) is 0 Å². The zero-order valence-corrected chi connectivity index (χ0v) is 22.7. The molecule has 1 N–H and O–H groups in total. The molecule has 1 atom stereocenters. The van der Waals surface area contributed by atoms with E-state index in [0.29, 0.717) is 16.0 Å². The summed E-state index contributed by atoms with van der Waals surface area (Å²) in [6.45, 7) is 0.952. The number of ether oxygens (including phenoxy) is 2. The van der Waals surface area contributed by atoms with Gasteiger partial charge in [0.25, 0.3) is 0 Å². The van der Waals surface area contributed by atoms with Crippen molar-refractivity contribution in [1.82, 2.24) is 19.5 Å². The average molecular weight is 601 g/mol. The minimum Gasteiger partial charge on any atom is -0.478 e. The molecule has 0 amide bonds. The van der Waals surface area contributed by atoms with E-state index in [9.17, 15) is 14.3 Å². The van der Waals surface area contributed by atoms with Crippen LogP contribution < -0.4 is 4.74 Å². The lowest BCUT2D eigenvalue weighted by Crippen LogP contribution is -2.31. The highest BCUT2D eigenvalue weighted by Crippen LogP contribution is 2.30. The number of carboxylic acid groups (broad SMARTS) is 1. The third kappa shape index (κ3) is 5.63. The van der Waals surface area contributed by atoms with Crippen LogP contribution in [0.25, 0.3) is 22.3 Å². The van der Waals surface area contributed by atoms with Gasteiger partial charge in [0.2, 0.25) is 5.88 Å². The Morgan fingerprint density at radius 3 is 2.68 bits per heavy atom. The maximum atomic E-state index is 15.4. The third-order valence-electron chi connectivity index (χ3n) is 6.67. The highest BCUT2D eigenvalue weighted by atomic mass is 35.5. The van der Waals surface area contributed by atoms with Crippen LogP contribution in [0.3, 0.4) is 0 Å². The number of nitrogens with zero attached hydrogens (tertiary/aromatic N) is 4. The van der Waals surface area contributed by atoms with Gasteiger partial charge in [0.15, 0.2) is 5.82 Å². The molecule has 0 bridgehead atoms. The summed E-state index contributed by atoms with van der Waals surface area (Å²) >= 11 is 7.15. The van der Waals surface area contributed by atoms with Crippen molar-refractivity contribution in [2.75, 3.05) is 6.61 Å². The van der Waals surface area contributed by atoms with Crippen molar-refractivity contribution >= 4 is 39.9 Å². The highest BCUT2D eigenvalue weighted by Gasteiger charge is 2.25. The molecule has 0 spiro atoms. The number of pyridine rings is 1. The molecular weight excluding hydrogens is 581 g/mol. The quantitative estimate of drug-likeness (QED) is 0.212. The number of rotatable bonds is 9. The number of aromatic carboxylic acids is 1. The van der Waals surface area contributed by atoms with Gasteiger partial charge in [-0.15, -0.1) is 11.3 Å². The van der Waals surface area contributed by atoms with E-state index in [1.165, 1.54) is 29.7 Å².